The minimum atomic E-state index is -0.691. The molecule has 0 spiro atoms. The maximum Gasteiger partial charge on any atom is 0.308 e. The number of carbonyl (C=O) groups is 1. The molecule has 4 nitrogen and oxygen atoms in total. The van der Waals surface area contributed by atoms with E-state index in [2.05, 4.69) is 25.8 Å². The first-order chi connectivity index (χ1) is 8.08. The number of hydrogen-bond acceptors (Lipinski definition) is 3. The molecule has 2 rings (SSSR count). The van der Waals surface area contributed by atoms with Gasteiger partial charge in [-0.05, 0) is 48.0 Å². The van der Waals surface area contributed by atoms with E-state index in [9.17, 15) is 4.79 Å². The molecule has 1 aliphatic heterocycles. The number of nitrogens with zero attached hydrogens (tertiary/aromatic N) is 2. The van der Waals surface area contributed by atoms with Gasteiger partial charge >= 0.3 is 5.97 Å². The summed E-state index contributed by atoms with van der Waals surface area (Å²) in [5.41, 5.74) is 0.978. The van der Waals surface area contributed by atoms with Crippen LogP contribution >= 0.6 is 15.9 Å². The van der Waals surface area contributed by atoms with Crippen molar-refractivity contribution in [3.8, 4) is 0 Å². The molecule has 1 saturated heterocycles. The van der Waals surface area contributed by atoms with E-state index in [-0.39, 0.29) is 12.0 Å². The lowest BCUT2D eigenvalue weighted by Gasteiger charge is -2.22. The first-order valence-corrected chi connectivity index (χ1v) is 6.44. The first-order valence-electron chi connectivity index (χ1n) is 5.65. The Bertz CT molecular complexity index is 407. The summed E-state index contributed by atoms with van der Waals surface area (Å²) >= 11 is 3.34. The molecule has 1 aliphatic rings. The van der Waals surface area contributed by atoms with Crippen LogP contribution < -0.4 is 0 Å². The molecule has 5 heteroatoms. The molecule has 17 heavy (non-hydrogen) atoms. The normalized spacial score (nSPS) is 25.1. The maximum atomic E-state index is 11.0. The van der Waals surface area contributed by atoms with Gasteiger partial charge in [-0.3, -0.25) is 14.7 Å². The van der Waals surface area contributed by atoms with Crippen LogP contribution in [0.25, 0.3) is 0 Å². The van der Waals surface area contributed by atoms with Gasteiger partial charge in [0, 0.05) is 23.3 Å². The summed E-state index contributed by atoms with van der Waals surface area (Å²) in [5, 5.41) is 9.06. The van der Waals surface area contributed by atoms with Crippen molar-refractivity contribution in [3.05, 3.63) is 28.5 Å². The van der Waals surface area contributed by atoms with Crippen LogP contribution in [0.5, 0.6) is 0 Å². The molecule has 1 aromatic rings. The molecule has 2 heterocycles. The Morgan fingerprint density at radius 1 is 1.65 bits per heavy atom. The summed E-state index contributed by atoms with van der Waals surface area (Å²) in [6, 6.07) is 4.00. The van der Waals surface area contributed by atoms with Crippen molar-refractivity contribution in [3.63, 3.8) is 0 Å². The van der Waals surface area contributed by atoms with Gasteiger partial charge in [0.1, 0.15) is 0 Å². The molecule has 2 unspecified atom stereocenters. The molecule has 92 valence electrons. The van der Waals surface area contributed by atoms with Gasteiger partial charge in [-0.2, -0.15) is 0 Å². The highest BCUT2D eigenvalue weighted by molar-refractivity contribution is 9.10. The number of carboxylic acids is 1. The molecule has 0 bridgehead atoms. The zero-order chi connectivity index (χ0) is 12.4. The second-order valence-electron chi connectivity index (χ2n) is 4.41. The van der Waals surface area contributed by atoms with Crippen molar-refractivity contribution >= 4 is 21.9 Å². The molecule has 0 radical (unpaired) electrons. The molecule has 0 saturated carbocycles. The van der Waals surface area contributed by atoms with Gasteiger partial charge in [0.05, 0.1) is 11.6 Å². The third-order valence-electron chi connectivity index (χ3n) is 3.36. The predicted octanol–water partition coefficient (Wildman–Crippen LogP) is 2.14. The molecular formula is C12H15BrN2O2. The van der Waals surface area contributed by atoms with Crippen molar-refractivity contribution in [2.24, 2.45) is 5.92 Å². The number of aliphatic carboxylic acids is 1. The fourth-order valence-electron chi connectivity index (χ4n) is 2.27. The number of hydrogen-bond donors (Lipinski definition) is 1. The minimum absolute atomic E-state index is 0.0814. The Morgan fingerprint density at radius 2 is 2.41 bits per heavy atom. The SMILES string of the molecule is CC1C(C(=O)O)CCN1Cc1ccc(Br)cn1. The van der Waals surface area contributed by atoms with Crippen LogP contribution in [0.1, 0.15) is 19.0 Å². The maximum absolute atomic E-state index is 11.0. The third-order valence-corrected chi connectivity index (χ3v) is 3.83. The highest BCUT2D eigenvalue weighted by Gasteiger charge is 2.35. The van der Waals surface area contributed by atoms with Gasteiger partial charge in [0.25, 0.3) is 0 Å². The summed E-state index contributed by atoms with van der Waals surface area (Å²) in [7, 11) is 0. The Kier molecular flexibility index (Phi) is 3.79. The van der Waals surface area contributed by atoms with Gasteiger partial charge in [0.2, 0.25) is 0 Å². The van der Waals surface area contributed by atoms with E-state index in [0.717, 1.165) is 29.7 Å². The lowest BCUT2D eigenvalue weighted by Crippen LogP contribution is -2.32. The van der Waals surface area contributed by atoms with E-state index in [1.807, 2.05) is 19.1 Å². The molecule has 1 N–H and O–H groups in total. The Labute approximate surface area is 109 Å². The quantitative estimate of drug-likeness (QED) is 0.929. The lowest BCUT2D eigenvalue weighted by molar-refractivity contribution is -0.142. The summed E-state index contributed by atoms with van der Waals surface area (Å²) in [6.45, 7) is 3.53. The van der Waals surface area contributed by atoms with Crippen LogP contribution in [-0.2, 0) is 11.3 Å². The van der Waals surface area contributed by atoms with Crippen molar-refractivity contribution in [2.45, 2.75) is 25.9 Å². The fourth-order valence-corrected chi connectivity index (χ4v) is 2.50. The standard InChI is InChI=1S/C12H15BrN2O2/c1-8-11(12(16)17)4-5-15(8)7-10-3-2-9(13)6-14-10/h2-3,6,8,11H,4-5,7H2,1H3,(H,16,17). The molecule has 0 aromatic carbocycles. The predicted molar refractivity (Wildman–Crippen MR) is 67.6 cm³/mol. The number of halogens is 1. The van der Waals surface area contributed by atoms with E-state index in [1.165, 1.54) is 0 Å². The van der Waals surface area contributed by atoms with E-state index in [1.54, 1.807) is 6.20 Å². The second-order valence-corrected chi connectivity index (χ2v) is 5.33. The van der Waals surface area contributed by atoms with Crippen LogP contribution in [0, 0.1) is 5.92 Å². The topological polar surface area (TPSA) is 53.4 Å². The second kappa shape index (κ2) is 5.14. The number of aromatic nitrogens is 1. The van der Waals surface area contributed by atoms with Gasteiger partial charge in [-0.25, -0.2) is 0 Å². The van der Waals surface area contributed by atoms with E-state index in [0.29, 0.717) is 0 Å². The Balaban J connectivity index is 2.01. The highest BCUT2D eigenvalue weighted by Crippen LogP contribution is 2.25. The van der Waals surface area contributed by atoms with Crippen molar-refractivity contribution in [1.29, 1.82) is 0 Å². The Morgan fingerprint density at radius 3 is 2.94 bits per heavy atom. The summed E-state index contributed by atoms with van der Waals surface area (Å²) < 4.78 is 0.958. The van der Waals surface area contributed by atoms with Crippen molar-refractivity contribution < 1.29 is 9.90 Å². The average Bonchev–Trinajstić information content (AvgIpc) is 2.64. The van der Waals surface area contributed by atoms with Crippen LogP contribution in [0.2, 0.25) is 0 Å². The number of carboxylic acid groups (broad SMARTS) is 1. The van der Waals surface area contributed by atoms with E-state index >= 15 is 0 Å². The van der Waals surface area contributed by atoms with Gasteiger partial charge in [-0.1, -0.05) is 0 Å². The van der Waals surface area contributed by atoms with Crippen molar-refractivity contribution in [2.75, 3.05) is 6.54 Å². The number of likely N-dealkylation sites (tertiary alicyclic amines) is 1. The zero-order valence-corrected chi connectivity index (χ0v) is 11.2. The first kappa shape index (κ1) is 12.5. The molecule has 1 aromatic heterocycles. The largest absolute Gasteiger partial charge is 0.481 e. The highest BCUT2D eigenvalue weighted by atomic mass is 79.9. The minimum Gasteiger partial charge on any atom is -0.481 e. The summed E-state index contributed by atoms with van der Waals surface area (Å²) in [6.07, 6.45) is 2.50. The molecule has 0 aliphatic carbocycles. The molecule has 1 fully saturated rings. The van der Waals surface area contributed by atoms with Gasteiger partial charge < -0.3 is 5.11 Å². The van der Waals surface area contributed by atoms with Crippen LogP contribution in [0.4, 0.5) is 0 Å². The molecule has 2 atom stereocenters. The van der Waals surface area contributed by atoms with Crippen LogP contribution in [0.15, 0.2) is 22.8 Å². The molecular weight excluding hydrogens is 284 g/mol. The van der Waals surface area contributed by atoms with Crippen LogP contribution in [-0.4, -0.2) is 33.5 Å². The monoisotopic (exact) mass is 298 g/mol. The van der Waals surface area contributed by atoms with E-state index in [4.69, 9.17) is 5.11 Å². The smallest absolute Gasteiger partial charge is 0.308 e. The lowest BCUT2D eigenvalue weighted by atomic mass is 10.0. The summed E-state index contributed by atoms with van der Waals surface area (Å²) in [4.78, 5) is 17.5. The molecule has 0 amide bonds. The van der Waals surface area contributed by atoms with E-state index < -0.39 is 5.97 Å². The van der Waals surface area contributed by atoms with Gasteiger partial charge in [-0.15, -0.1) is 0 Å². The zero-order valence-electron chi connectivity index (χ0n) is 9.64. The summed E-state index contributed by atoms with van der Waals surface area (Å²) in [5.74, 6) is -0.936. The Hall–Kier alpha value is -0.940. The number of rotatable bonds is 3. The fraction of sp³-hybridized carbons (Fsp3) is 0.500. The van der Waals surface area contributed by atoms with Gasteiger partial charge in [0.15, 0.2) is 0 Å². The van der Waals surface area contributed by atoms with Crippen molar-refractivity contribution in [1.82, 2.24) is 9.88 Å². The number of pyridine rings is 1. The average molecular weight is 299 g/mol. The van der Waals surface area contributed by atoms with Crippen LogP contribution in [0.3, 0.4) is 0 Å². The third kappa shape index (κ3) is 2.84.